The van der Waals surface area contributed by atoms with E-state index in [0.29, 0.717) is 19.4 Å². The monoisotopic (exact) mass is 261 g/mol. The van der Waals surface area contributed by atoms with Gasteiger partial charge in [0, 0.05) is 19.4 Å². The van der Waals surface area contributed by atoms with Crippen molar-refractivity contribution in [2.75, 3.05) is 6.54 Å². The molecule has 4 nitrogen and oxygen atoms in total. The summed E-state index contributed by atoms with van der Waals surface area (Å²) in [6.45, 7) is 2.09. The molecule has 0 aliphatic heterocycles. The smallest absolute Gasteiger partial charge is 0.224 e. The number of hydrogen-bond donors (Lipinski definition) is 1. The minimum Gasteiger partial charge on any atom is -0.356 e. The molecule has 1 amide bonds. The summed E-state index contributed by atoms with van der Waals surface area (Å²) in [5.74, 6) is -0.754. The lowest BCUT2D eigenvalue weighted by Gasteiger charge is -2.04. The number of carbonyl (C=O) groups excluding carboxylic acids is 3. The molecule has 0 fully saturated rings. The van der Waals surface area contributed by atoms with E-state index < -0.39 is 0 Å². The normalized spacial score (nSPS) is 9.95. The van der Waals surface area contributed by atoms with Crippen LogP contribution in [-0.4, -0.2) is 24.0 Å². The molecule has 0 aromatic heterocycles. The summed E-state index contributed by atoms with van der Waals surface area (Å²) in [7, 11) is 0. The van der Waals surface area contributed by atoms with Crippen molar-refractivity contribution in [1.29, 1.82) is 0 Å². The molecule has 0 spiro atoms. The van der Waals surface area contributed by atoms with Crippen molar-refractivity contribution in [3.8, 4) is 0 Å². The van der Waals surface area contributed by atoms with Crippen molar-refractivity contribution in [3.63, 3.8) is 0 Å². The van der Waals surface area contributed by atoms with E-state index >= 15 is 0 Å². The first kappa shape index (κ1) is 15.1. The lowest BCUT2D eigenvalue weighted by Crippen LogP contribution is -2.27. The van der Waals surface area contributed by atoms with Gasteiger partial charge in [-0.1, -0.05) is 37.3 Å². The number of nitrogens with one attached hydrogen (secondary N) is 1. The molecular weight excluding hydrogens is 242 g/mol. The topological polar surface area (TPSA) is 63.2 Å². The zero-order valence-corrected chi connectivity index (χ0v) is 11.1. The Morgan fingerprint density at radius 3 is 2.37 bits per heavy atom. The Balaban J connectivity index is 2.18. The van der Waals surface area contributed by atoms with Gasteiger partial charge in [-0.3, -0.25) is 14.4 Å². The van der Waals surface area contributed by atoms with E-state index in [1.807, 2.05) is 30.3 Å². The number of Topliss-reactive ketones (excluding diaryl/α,β-unsaturated/α-hetero) is 2. The van der Waals surface area contributed by atoms with Crippen LogP contribution in [0.1, 0.15) is 31.7 Å². The molecule has 0 unspecified atom stereocenters. The van der Waals surface area contributed by atoms with Crippen molar-refractivity contribution in [2.45, 2.75) is 32.6 Å². The number of benzene rings is 1. The van der Waals surface area contributed by atoms with Crippen LogP contribution in [0.5, 0.6) is 0 Å². The van der Waals surface area contributed by atoms with Crippen LogP contribution in [-0.2, 0) is 20.8 Å². The zero-order chi connectivity index (χ0) is 14.1. The van der Waals surface area contributed by atoms with Crippen LogP contribution >= 0.6 is 0 Å². The van der Waals surface area contributed by atoms with E-state index in [-0.39, 0.29) is 30.3 Å². The van der Waals surface area contributed by atoms with Gasteiger partial charge in [-0.15, -0.1) is 0 Å². The predicted molar refractivity (Wildman–Crippen MR) is 72.7 cm³/mol. The molecule has 4 heteroatoms. The Hall–Kier alpha value is -1.97. The molecule has 1 aromatic carbocycles. The van der Waals surface area contributed by atoms with Gasteiger partial charge in [-0.05, 0) is 12.0 Å². The lowest BCUT2D eigenvalue weighted by atomic mass is 10.1. The average molecular weight is 261 g/mol. The highest BCUT2D eigenvalue weighted by atomic mass is 16.2. The van der Waals surface area contributed by atoms with Crippen molar-refractivity contribution in [2.24, 2.45) is 0 Å². The molecule has 0 radical (unpaired) electrons. The number of ketones is 2. The Labute approximate surface area is 113 Å². The van der Waals surface area contributed by atoms with E-state index in [4.69, 9.17) is 0 Å². The maximum Gasteiger partial charge on any atom is 0.224 e. The quantitative estimate of drug-likeness (QED) is 0.572. The van der Waals surface area contributed by atoms with Gasteiger partial charge in [-0.25, -0.2) is 0 Å². The van der Waals surface area contributed by atoms with E-state index in [1.165, 1.54) is 0 Å². The summed E-state index contributed by atoms with van der Waals surface area (Å²) in [6.07, 6.45) is 1.30. The second-order valence-corrected chi connectivity index (χ2v) is 4.32. The van der Waals surface area contributed by atoms with E-state index in [2.05, 4.69) is 5.32 Å². The van der Waals surface area contributed by atoms with Gasteiger partial charge >= 0.3 is 0 Å². The summed E-state index contributed by atoms with van der Waals surface area (Å²) >= 11 is 0. The number of hydrogen-bond acceptors (Lipinski definition) is 3. The summed E-state index contributed by atoms with van der Waals surface area (Å²) < 4.78 is 0. The highest BCUT2D eigenvalue weighted by Crippen LogP contribution is 1.99. The van der Waals surface area contributed by atoms with Crippen LogP contribution < -0.4 is 5.32 Å². The van der Waals surface area contributed by atoms with E-state index in [0.717, 1.165) is 5.56 Å². The van der Waals surface area contributed by atoms with Crippen LogP contribution in [0.4, 0.5) is 0 Å². The predicted octanol–water partition coefficient (Wildman–Crippen LogP) is 1.67. The molecule has 0 saturated heterocycles. The molecule has 1 rings (SSSR count). The maximum atomic E-state index is 11.6. The van der Waals surface area contributed by atoms with Crippen LogP contribution in [0.25, 0.3) is 0 Å². The average Bonchev–Trinajstić information content (AvgIpc) is 2.43. The SMILES string of the molecule is CCC(=O)C(=O)CCCNC(=O)Cc1ccccc1. The first-order chi connectivity index (χ1) is 9.13. The highest BCUT2D eigenvalue weighted by molar-refractivity contribution is 6.37. The van der Waals surface area contributed by atoms with Crippen LogP contribution in [0.3, 0.4) is 0 Å². The largest absolute Gasteiger partial charge is 0.356 e. The Kier molecular flexibility index (Phi) is 6.50. The lowest BCUT2D eigenvalue weighted by molar-refractivity contribution is -0.136. The van der Waals surface area contributed by atoms with Gasteiger partial charge < -0.3 is 5.32 Å². The molecule has 102 valence electrons. The molecule has 0 bridgehead atoms. The third kappa shape index (κ3) is 5.95. The summed E-state index contributed by atoms with van der Waals surface area (Å²) in [6, 6.07) is 9.46. The molecule has 0 aliphatic rings. The minimum absolute atomic E-state index is 0.0690. The van der Waals surface area contributed by atoms with E-state index in [1.54, 1.807) is 6.92 Å². The molecule has 0 heterocycles. The molecule has 0 atom stereocenters. The molecule has 1 aromatic rings. The van der Waals surface area contributed by atoms with Crippen molar-refractivity contribution >= 4 is 17.5 Å². The molecule has 19 heavy (non-hydrogen) atoms. The van der Waals surface area contributed by atoms with E-state index in [9.17, 15) is 14.4 Å². The second-order valence-electron chi connectivity index (χ2n) is 4.32. The molecule has 0 saturated carbocycles. The van der Waals surface area contributed by atoms with Gasteiger partial charge in [0.2, 0.25) is 5.91 Å². The van der Waals surface area contributed by atoms with Crippen LogP contribution in [0.2, 0.25) is 0 Å². The first-order valence-electron chi connectivity index (χ1n) is 6.50. The maximum absolute atomic E-state index is 11.6. The Morgan fingerprint density at radius 1 is 1.05 bits per heavy atom. The van der Waals surface area contributed by atoms with Gasteiger partial charge in [0.15, 0.2) is 11.6 Å². The van der Waals surface area contributed by atoms with Gasteiger partial charge in [0.1, 0.15) is 0 Å². The summed E-state index contributed by atoms with van der Waals surface area (Å²) in [5.41, 5.74) is 0.956. The van der Waals surface area contributed by atoms with Crippen LogP contribution in [0.15, 0.2) is 30.3 Å². The van der Waals surface area contributed by atoms with Crippen LogP contribution in [0, 0.1) is 0 Å². The van der Waals surface area contributed by atoms with Crippen molar-refractivity contribution in [3.05, 3.63) is 35.9 Å². The molecular formula is C15H19NO3. The third-order valence-electron chi connectivity index (χ3n) is 2.74. The third-order valence-corrected chi connectivity index (χ3v) is 2.74. The van der Waals surface area contributed by atoms with Crippen molar-refractivity contribution < 1.29 is 14.4 Å². The highest BCUT2D eigenvalue weighted by Gasteiger charge is 2.10. The number of amides is 1. The zero-order valence-electron chi connectivity index (χ0n) is 11.1. The number of carbonyl (C=O) groups is 3. The fraction of sp³-hybridized carbons (Fsp3) is 0.400. The Bertz CT molecular complexity index is 440. The van der Waals surface area contributed by atoms with Gasteiger partial charge in [0.25, 0.3) is 0 Å². The number of rotatable bonds is 8. The minimum atomic E-state index is -0.347. The van der Waals surface area contributed by atoms with Crippen molar-refractivity contribution in [1.82, 2.24) is 5.32 Å². The molecule has 1 N–H and O–H groups in total. The van der Waals surface area contributed by atoms with Gasteiger partial charge in [0.05, 0.1) is 6.42 Å². The second kappa shape index (κ2) is 8.19. The first-order valence-corrected chi connectivity index (χ1v) is 6.50. The Morgan fingerprint density at radius 2 is 1.74 bits per heavy atom. The molecule has 0 aliphatic carbocycles. The fourth-order valence-electron chi connectivity index (χ4n) is 1.66. The van der Waals surface area contributed by atoms with Gasteiger partial charge in [-0.2, -0.15) is 0 Å². The fourth-order valence-corrected chi connectivity index (χ4v) is 1.66. The summed E-state index contributed by atoms with van der Waals surface area (Å²) in [5, 5.41) is 2.74. The standard InChI is InChI=1S/C15H19NO3/c1-2-13(17)14(18)9-6-10-16-15(19)11-12-7-4-3-5-8-12/h3-5,7-8H,2,6,9-11H2,1H3,(H,16,19). The summed E-state index contributed by atoms with van der Waals surface area (Å²) in [4.78, 5) is 33.9.